The Kier molecular flexibility index (Phi) is 4.77. The number of nitrogens with one attached hydrogen (secondary N) is 1. The molecule has 1 aromatic heterocycles. The zero-order chi connectivity index (χ0) is 14.6. The Morgan fingerprint density at radius 1 is 1.25 bits per heavy atom. The number of halogens is 3. The monoisotopic (exact) mass is 319 g/mol. The molecule has 0 saturated heterocycles. The molecule has 20 heavy (non-hydrogen) atoms. The third-order valence-corrected chi connectivity index (χ3v) is 3.99. The molecule has 8 heteroatoms. The molecule has 2 rings (SSSR count). The highest BCUT2D eigenvalue weighted by Crippen LogP contribution is 2.36. The highest BCUT2D eigenvalue weighted by atomic mass is 32.2. The van der Waals surface area contributed by atoms with Gasteiger partial charge in [-0.25, -0.2) is 0 Å². The van der Waals surface area contributed by atoms with Gasteiger partial charge in [-0.2, -0.15) is 17.5 Å². The molecule has 0 spiro atoms. The number of nitrogen functional groups attached to an aromatic ring is 1. The summed E-state index contributed by atoms with van der Waals surface area (Å²) in [5.74, 6) is 0.322. The Bertz CT molecular complexity index is 555. The third-order valence-electron chi connectivity index (χ3n) is 2.43. The number of rotatable bonds is 5. The lowest BCUT2D eigenvalue weighted by molar-refractivity contribution is -0.0327. The molecule has 1 heterocycles. The summed E-state index contributed by atoms with van der Waals surface area (Å²) in [5, 5.41) is 3.65. The van der Waals surface area contributed by atoms with Crippen LogP contribution >= 0.6 is 23.3 Å². The molecule has 0 amide bonds. The normalized spacial score (nSPS) is 11.6. The van der Waals surface area contributed by atoms with Crippen molar-refractivity contribution in [2.24, 2.45) is 0 Å². The van der Waals surface area contributed by atoms with Crippen LogP contribution in [-0.4, -0.2) is 22.2 Å². The topological polar surface area (TPSA) is 50.9 Å². The molecule has 1 aromatic carbocycles. The highest BCUT2D eigenvalue weighted by molar-refractivity contribution is 8.00. The molecule has 0 bridgehead atoms. The summed E-state index contributed by atoms with van der Waals surface area (Å²) < 4.78 is 40.2. The summed E-state index contributed by atoms with van der Waals surface area (Å²) >= 11 is 1.10. The number of hydrogen-bond acceptors (Lipinski definition) is 5. The molecule has 0 unspecified atom stereocenters. The third kappa shape index (κ3) is 4.04. The predicted octanol–water partition coefficient (Wildman–Crippen LogP) is 4.06. The van der Waals surface area contributed by atoms with Crippen molar-refractivity contribution in [3.63, 3.8) is 0 Å². The second kappa shape index (κ2) is 6.36. The lowest BCUT2D eigenvalue weighted by Gasteiger charge is -2.08. The number of hydrogen-bond donors (Lipinski definition) is 2. The second-order valence-corrected chi connectivity index (χ2v) is 5.79. The molecule has 0 aliphatic rings. The minimum Gasteiger partial charge on any atom is -0.382 e. The summed E-state index contributed by atoms with van der Waals surface area (Å²) in [6.45, 7) is 0.200. The van der Waals surface area contributed by atoms with E-state index in [1.54, 1.807) is 0 Å². The van der Waals surface area contributed by atoms with Gasteiger partial charge in [-0.15, -0.1) is 0 Å². The van der Waals surface area contributed by atoms with Gasteiger partial charge in [-0.1, -0.05) is 30.3 Å². The van der Waals surface area contributed by atoms with Crippen molar-refractivity contribution in [2.75, 3.05) is 23.3 Å². The van der Waals surface area contributed by atoms with Gasteiger partial charge in [-0.05, 0) is 28.9 Å². The number of alkyl halides is 3. The molecule has 0 aliphatic heterocycles. The molecule has 108 valence electrons. The van der Waals surface area contributed by atoms with Gasteiger partial charge in [0, 0.05) is 12.3 Å². The molecule has 3 nitrogen and oxygen atoms in total. The number of nitrogens with zero attached hydrogens (tertiary/aromatic N) is 1. The van der Waals surface area contributed by atoms with Gasteiger partial charge in [0.25, 0.3) is 0 Å². The second-order valence-electron chi connectivity index (χ2n) is 3.86. The quantitative estimate of drug-likeness (QED) is 0.816. The van der Waals surface area contributed by atoms with Crippen LogP contribution in [0.15, 0.2) is 30.3 Å². The standard InChI is InChI=1S/C12H12F3N3S2/c13-12(14,15)19-7-6-17-11-9(10(16)18-20-11)8-4-2-1-3-5-8/h1-5,17H,6-7H2,(H2,16,18). The fourth-order valence-corrected chi connectivity index (χ4v) is 2.84. The maximum Gasteiger partial charge on any atom is 0.441 e. The van der Waals surface area contributed by atoms with Crippen LogP contribution in [0.25, 0.3) is 11.1 Å². The minimum absolute atomic E-state index is 0.0482. The van der Waals surface area contributed by atoms with Gasteiger partial charge in [0.15, 0.2) is 0 Å². The van der Waals surface area contributed by atoms with Crippen LogP contribution in [0.3, 0.4) is 0 Å². The van der Waals surface area contributed by atoms with E-state index in [4.69, 9.17) is 5.73 Å². The van der Waals surface area contributed by atoms with E-state index < -0.39 is 5.51 Å². The van der Waals surface area contributed by atoms with Gasteiger partial charge in [-0.3, -0.25) is 0 Å². The van der Waals surface area contributed by atoms with Crippen LogP contribution in [0, 0.1) is 0 Å². The highest BCUT2D eigenvalue weighted by Gasteiger charge is 2.27. The van der Waals surface area contributed by atoms with Gasteiger partial charge in [0.2, 0.25) is 0 Å². The molecular formula is C12H12F3N3S2. The number of nitrogens with two attached hydrogens (primary N) is 1. The number of thioether (sulfide) groups is 1. The first kappa shape index (κ1) is 15.0. The summed E-state index contributed by atoms with van der Waals surface area (Å²) in [4.78, 5) is 0. The number of anilines is 2. The van der Waals surface area contributed by atoms with E-state index in [-0.39, 0.29) is 24.1 Å². The molecular weight excluding hydrogens is 307 g/mol. The summed E-state index contributed by atoms with van der Waals surface area (Å²) in [6, 6.07) is 9.39. The largest absolute Gasteiger partial charge is 0.441 e. The van der Waals surface area contributed by atoms with E-state index in [2.05, 4.69) is 9.69 Å². The van der Waals surface area contributed by atoms with Crippen LogP contribution in [-0.2, 0) is 0 Å². The van der Waals surface area contributed by atoms with Crippen LogP contribution in [0.2, 0.25) is 0 Å². The Labute approximate surface area is 122 Å². The van der Waals surface area contributed by atoms with Crippen LogP contribution in [0.5, 0.6) is 0 Å². The fraction of sp³-hybridized carbons (Fsp3) is 0.250. The van der Waals surface area contributed by atoms with Gasteiger partial charge < -0.3 is 11.1 Å². The van der Waals surface area contributed by atoms with Gasteiger partial charge >= 0.3 is 5.51 Å². The summed E-state index contributed by atoms with van der Waals surface area (Å²) in [5.41, 5.74) is 3.26. The Morgan fingerprint density at radius 3 is 2.60 bits per heavy atom. The van der Waals surface area contributed by atoms with Crippen molar-refractivity contribution in [1.82, 2.24) is 4.37 Å². The van der Waals surface area contributed by atoms with Crippen LogP contribution < -0.4 is 11.1 Å². The Balaban J connectivity index is 2.03. The van der Waals surface area contributed by atoms with Crippen molar-refractivity contribution < 1.29 is 13.2 Å². The van der Waals surface area contributed by atoms with Gasteiger partial charge in [0.05, 0.1) is 5.56 Å². The van der Waals surface area contributed by atoms with Crippen molar-refractivity contribution in [1.29, 1.82) is 0 Å². The van der Waals surface area contributed by atoms with Crippen molar-refractivity contribution in [3.05, 3.63) is 30.3 Å². The first-order valence-electron chi connectivity index (χ1n) is 5.72. The molecule has 2 aromatic rings. The molecule has 3 N–H and O–H groups in total. The van der Waals surface area contributed by atoms with E-state index in [1.807, 2.05) is 30.3 Å². The Morgan fingerprint density at radius 2 is 1.95 bits per heavy atom. The maximum atomic E-state index is 12.0. The SMILES string of the molecule is Nc1nsc(NCCSC(F)(F)F)c1-c1ccccc1. The smallest absolute Gasteiger partial charge is 0.382 e. The lowest BCUT2D eigenvalue weighted by atomic mass is 10.1. The first-order valence-corrected chi connectivity index (χ1v) is 7.48. The minimum atomic E-state index is -4.20. The van der Waals surface area contributed by atoms with E-state index in [1.165, 1.54) is 0 Å². The number of aromatic nitrogens is 1. The maximum absolute atomic E-state index is 12.0. The first-order chi connectivity index (χ1) is 9.47. The average molecular weight is 319 g/mol. The molecule has 0 fully saturated rings. The van der Waals surface area contributed by atoms with Crippen molar-refractivity contribution in [2.45, 2.75) is 5.51 Å². The van der Waals surface area contributed by atoms with Crippen LogP contribution in [0.4, 0.5) is 24.0 Å². The predicted molar refractivity (Wildman–Crippen MR) is 79.0 cm³/mol. The molecule has 0 atom stereocenters. The van der Waals surface area contributed by atoms with E-state index >= 15 is 0 Å². The fourth-order valence-electron chi connectivity index (χ4n) is 1.64. The zero-order valence-corrected chi connectivity index (χ0v) is 11.9. The summed E-state index contributed by atoms with van der Waals surface area (Å²) in [7, 11) is 0. The van der Waals surface area contributed by atoms with E-state index in [0.717, 1.165) is 22.7 Å². The molecule has 0 aliphatic carbocycles. The van der Waals surface area contributed by atoms with E-state index in [0.29, 0.717) is 10.8 Å². The molecule has 0 saturated carbocycles. The number of benzene rings is 1. The van der Waals surface area contributed by atoms with Crippen LogP contribution in [0.1, 0.15) is 0 Å². The summed E-state index contributed by atoms with van der Waals surface area (Å²) in [6.07, 6.45) is 0. The van der Waals surface area contributed by atoms with Crippen molar-refractivity contribution in [3.8, 4) is 11.1 Å². The molecule has 0 radical (unpaired) electrons. The van der Waals surface area contributed by atoms with E-state index in [9.17, 15) is 13.2 Å². The van der Waals surface area contributed by atoms with Gasteiger partial charge in [0.1, 0.15) is 10.8 Å². The average Bonchev–Trinajstić information content (AvgIpc) is 2.76. The Hall–Kier alpha value is -1.41. The van der Waals surface area contributed by atoms with Crippen molar-refractivity contribution >= 4 is 34.1 Å². The zero-order valence-electron chi connectivity index (χ0n) is 10.3. The lowest BCUT2D eigenvalue weighted by Crippen LogP contribution is -2.09.